The number of allylic oxidation sites excluding steroid dienone is 1. The van der Waals surface area contributed by atoms with Gasteiger partial charge in [0.05, 0.1) is 6.61 Å². The predicted octanol–water partition coefficient (Wildman–Crippen LogP) is 2.04. The molecule has 18 heavy (non-hydrogen) atoms. The molecule has 1 aromatic rings. The Morgan fingerprint density at radius 2 is 2.33 bits per heavy atom. The van der Waals surface area contributed by atoms with Crippen molar-refractivity contribution in [2.45, 2.75) is 12.5 Å². The fourth-order valence-electron chi connectivity index (χ4n) is 2.31. The molecular formula is C14H18ClNO2. The van der Waals surface area contributed by atoms with Crippen LogP contribution in [0.5, 0.6) is 5.75 Å². The second-order valence-electron chi connectivity index (χ2n) is 4.44. The lowest BCUT2D eigenvalue weighted by molar-refractivity contribution is 0.0000403. The number of halogens is 1. The lowest BCUT2D eigenvalue weighted by Crippen LogP contribution is -2.41. The number of morpholine rings is 1. The average Bonchev–Trinajstić information content (AvgIpc) is 2.86. The van der Waals surface area contributed by atoms with E-state index in [2.05, 4.69) is 23.5 Å². The van der Waals surface area contributed by atoms with Gasteiger partial charge in [-0.3, -0.25) is 0 Å². The van der Waals surface area contributed by atoms with Crippen molar-refractivity contribution in [2.24, 2.45) is 0 Å². The molecule has 98 valence electrons. The molecule has 1 atom stereocenters. The van der Waals surface area contributed by atoms with Gasteiger partial charge in [0.2, 0.25) is 0 Å². The van der Waals surface area contributed by atoms with Crippen molar-refractivity contribution in [3.63, 3.8) is 0 Å². The maximum Gasteiger partial charge on any atom is 0.123 e. The van der Waals surface area contributed by atoms with Crippen LogP contribution >= 0.6 is 12.4 Å². The number of nitrogens with one attached hydrogen (secondary N) is 1. The highest BCUT2D eigenvalue weighted by Crippen LogP contribution is 2.28. The van der Waals surface area contributed by atoms with Gasteiger partial charge >= 0.3 is 0 Å². The first-order valence-electron chi connectivity index (χ1n) is 6.17. The number of hydrogen-bond donors (Lipinski definition) is 1. The van der Waals surface area contributed by atoms with Crippen LogP contribution < -0.4 is 10.1 Å². The van der Waals surface area contributed by atoms with Crippen molar-refractivity contribution in [2.75, 3.05) is 26.3 Å². The van der Waals surface area contributed by atoms with E-state index in [1.165, 1.54) is 11.1 Å². The molecule has 2 aliphatic rings. The van der Waals surface area contributed by atoms with Gasteiger partial charge < -0.3 is 14.8 Å². The van der Waals surface area contributed by atoms with Crippen molar-refractivity contribution < 1.29 is 9.47 Å². The van der Waals surface area contributed by atoms with E-state index in [0.29, 0.717) is 6.61 Å². The van der Waals surface area contributed by atoms with Crippen LogP contribution in [0, 0.1) is 0 Å². The van der Waals surface area contributed by atoms with Crippen LogP contribution in [0.4, 0.5) is 0 Å². The molecule has 0 bridgehead atoms. The van der Waals surface area contributed by atoms with Crippen LogP contribution in [0.15, 0.2) is 24.3 Å². The smallest absolute Gasteiger partial charge is 0.123 e. The standard InChI is InChI=1S/C14H17NO2.ClH/c1-3-11-4-2-6-14(13(11)5-1)17-10-12-9-15-7-8-16-12;/h1-4,6,12,15H,5,7-10H2;1H/t12-;/m1./s1. The zero-order valence-electron chi connectivity index (χ0n) is 10.2. The predicted molar refractivity (Wildman–Crippen MR) is 74.5 cm³/mol. The van der Waals surface area contributed by atoms with Gasteiger partial charge in [0.1, 0.15) is 18.5 Å². The molecule has 1 fully saturated rings. The molecule has 1 aliphatic heterocycles. The molecule has 1 aromatic carbocycles. The summed E-state index contributed by atoms with van der Waals surface area (Å²) in [6.45, 7) is 3.24. The molecule has 0 saturated carbocycles. The third-order valence-corrected chi connectivity index (χ3v) is 3.22. The van der Waals surface area contributed by atoms with Crippen molar-refractivity contribution in [1.29, 1.82) is 0 Å². The Morgan fingerprint density at radius 3 is 3.17 bits per heavy atom. The number of ether oxygens (including phenoxy) is 2. The number of hydrogen-bond acceptors (Lipinski definition) is 3. The van der Waals surface area contributed by atoms with Gasteiger partial charge in [-0.15, -0.1) is 12.4 Å². The van der Waals surface area contributed by atoms with E-state index in [4.69, 9.17) is 9.47 Å². The van der Waals surface area contributed by atoms with Crippen LogP contribution in [0.3, 0.4) is 0 Å². The Kier molecular flexibility index (Phi) is 4.64. The monoisotopic (exact) mass is 267 g/mol. The zero-order chi connectivity index (χ0) is 11.5. The third-order valence-electron chi connectivity index (χ3n) is 3.22. The van der Waals surface area contributed by atoms with E-state index in [1.807, 2.05) is 12.1 Å². The summed E-state index contributed by atoms with van der Waals surface area (Å²) >= 11 is 0. The van der Waals surface area contributed by atoms with Crippen molar-refractivity contribution in [1.82, 2.24) is 5.32 Å². The molecule has 1 aliphatic carbocycles. The highest BCUT2D eigenvalue weighted by atomic mass is 35.5. The number of rotatable bonds is 3. The summed E-state index contributed by atoms with van der Waals surface area (Å²) in [5, 5.41) is 3.31. The van der Waals surface area contributed by atoms with E-state index in [9.17, 15) is 0 Å². The summed E-state index contributed by atoms with van der Waals surface area (Å²) < 4.78 is 11.5. The van der Waals surface area contributed by atoms with Gasteiger partial charge in [-0.1, -0.05) is 24.3 Å². The molecule has 1 N–H and O–H groups in total. The SMILES string of the molecule is C1=Cc2cccc(OC[C@H]3CNCCO3)c2C1.Cl. The Bertz CT molecular complexity index is 428. The number of fused-ring (bicyclic) bond motifs is 1. The third kappa shape index (κ3) is 2.86. The van der Waals surface area contributed by atoms with Crippen LogP contribution in [0.25, 0.3) is 6.08 Å². The van der Waals surface area contributed by atoms with Crippen molar-refractivity contribution >= 4 is 18.5 Å². The van der Waals surface area contributed by atoms with Crippen molar-refractivity contribution in [3.8, 4) is 5.75 Å². The second-order valence-corrected chi connectivity index (χ2v) is 4.44. The molecular weight excluding hydrogens is 250 g/mol. The zero-order valence-corrected chi connectivity index (χ0v) is 11.0. The normalized spacial score (nSPS) is 21.2. The lowest BCUT2D eigenvalue weighted by Gasteiger charge is -2.24. The topological polar surface area (TPSA) is 30.5 Å². The molecule has 0 amide bonds. The minimum Gasteiger partial charge on any atom is -0.491 e. The van der Waals surface area contributed by atoms with E-state index < -0.39 is 0 Å². The molecule has 1 saturated heterocycles. The Labute approximate surface area is 114 Å². The first-order valence-corrected chi connectivity index (χ1v) is 6.17. The molecule has 3 rings (SSSR count). The van der Waals surface area contributed by atoms with E-state index in [0.717, 1.165) is 31.9 Å². The van der Waals surface area contributed by atoms with Crippen LogP contribution in [0.2, 0.25) is 0 Å². The molecule has 1 heterocycles. The Balaban J connectivity index is 0.00000120. The highest BCUT2D eigenvalue weighted by molar-refractivity contribution is 5.85. The highest BCUT2D eigenvalue weighted by Gasteiger charge is 2.16. The summed E-state index contributed by atoms with van der Waals surface area (Å²) in [4.78, 5) is 0. The van der Waals surface area contributed by atoms with Gasteiger partial charge in [-0.25, -0.2) is 0 Å². The van der Waals surface area contributed by atoms with Crippen LogP contribution in [0.1, 0.15) is 11.1 Å². The maximum absolute atomic E-state index is 5.88. The Hall–Kier alpha value is -1.03. The minimum atomic E-state index is 0. The molecule has 0 unspecified atom stereocenters. The summed E-state index contributed by atoms with van der Waals surface area (Å²) in [6.07, 6.45) is 5.49. The largest absolute Gasteiger partial charge is 0.491 e. The first kappa shape index (κ1) is 13.4. The first-order chi connectivity index (χ1) is 8.43. The van der Waals surface area contributed by atoms with Gasteiger partial charge in [0, 0.05) is 18.7 Å². The lowest BCUT2D eigenvalue weighted by atomic mass is 10.1. The van der Waals surface area contributed by atoms with E-state index >= 15 is 0 Å². The van der Waals surface area contributed by atoms with Gasteiger partial charge in [-0.2, -0.15) is 0 Å². The molecule has 0 radical (unpaired) electrons. The molecule has 0 spiro atoms. The van der Waals surface area contributed by atoms with Gasteiger partial charge in [-0.05, 0) is 18.1 Å². The average molecular weight is 268 g/mol. The quantitative estimate of drug-likeness (QED) is 0.909. The van der Waals surface area contributed by atoms with Crippen LogP contribution in [-0.4, -0.2) is 32.4 Å². The summed E-state index contributed by atoms with van der Waals surface area (Å²) in [7, 11) is 0. The molecule has 3 nitrogen and oxygen atoms in total. The molecule has 4 heteroatoms. The fraction of sp³-hybridized carbons (Fsp3) is 0.429. The molecule has 0 aromatic heterocycles. The van der Waals surface area contributed by atoms with Crippen LogP contribution in [-0.2, 0) is 11.2 Å². The summed E-state index contributed by atoms with van der Waals surface area (Å²) in [6, 6.07) is 6.22. The maximum atomic E-state index is 5.88. The summed E-state index contributed by atoms with van der Waals surface area (Å²) in [5.74, 6) is 1.00. The minimum absolute atomic E-state index is 0. The van der Waals surface area contributed by atoms with Crippen molar-refractivity contribution in [3.05, 3.63) is 35.4 Å². The number of benzene rings is 1. The summed E-state index contributed by atoms with van der Waals surface area (Å²) in [5.41, 5.74) is 2.58. The fourth-order valence-corrected chi connectivity index (χ4v) is 2.31. The van der Waals surface area contributed by atoms with E-state index in [1.54, 1.807) is 0 Å². The second kappa shape index (κ2) is 6.23. The van der Waals surface area contributed by atoms with E-state index in [-0.39, 0.29) is 18.5 Å². The Morgan fingerprint density at radius 1 is 1.39 bits per heavy atom. The van der Waals surface area contributed by atoms with Gasteiger partial charge in [0.25, 0.3) is 0 Å². The van der Waals surface area contributed by atoms with Gasteiger partial charge in [0.15, 0.2) is 0 Å².